The molecular formula is C26H29F2N7O2S. The van der Waals surface area contributed by atoms with E-state index in [4.69, 9.17) is 4.98 Å². The molecule has 0 amide bonds. The van der Waals surface area contributed by atoms with Crippen molar-refractivity contribution < 1.29 is 17.2 Å². The van der Waals surface area contributed by atoms with Gasteiger partial charge in [0.2, 0.25) is 10.0 Å². The van der Waals surface area contributed by atoms with Gasteiger partial charge < -0.3 is 14.4 Å². The van der Waals surface area contributed by atoms with Crippen molar-refractivity contribution in [1.29, 1.82) is 0 Å². The number of sulfonamides is 1. The van der Waals surface area contributed by atoms with Crippen molar-refractivity contribution in [3.05, 3.63) is 60.8 Å². The minimum absolute atomic E-state index is 0.178. The standard InChI is InChI=1S/C26H29F2N7O2S/c1-3-13-38(36,37)32-21-6-5-20(27)26(24(21)28)35-16-19(18-14-29-17-30-15-18)25-22(35)7-8-23(31-25)34-11-9-33(4-2)10-12-34/h5-8,14-17,32H,3-4,9-13H2,1-2H3. The number of nitrogens with one attached hydrogen (secondary N) is 1. The first kappa shape index (κ1) is 26.0. The predicted octanol–water partition coefficient (Wildman–Crippen LogP) is 4.05. The largest absolute Gasteiger partial charge is 0.354 e. The molecule has 1 N–H and O–H groups in total. The lowest BCUT2D eigenvalue weighted by Gasteiger charge is -2.34. The molecule has 9 nitrogen and oxygen atoms in total. The van der Waals surface area contributed by atoms with Crippen LogP contribution in [0.15, 0.2) is 49.2 Å². The van der Waals surface area contributed by atoms with Crippen molar-refractivity contribution in [2.75, 3.05) is 48.1 Å². The van der Waals surface area contributed by atoms with Crippen LogP contribution in [0.3, 0.4) is 0 Å². The minimum Gasteiger partial charge on any atom is -0.354 e. The van der Waals surface area contributed by atoms with E-state index in [1.807, 2.05) is 6.07 Å². The quantitative estimate of drug-likeness (QED) is 0.360. The van der Waals surface area contributed by atoms with Gasteiger partial charge in [0.15, 0.2) is 5.82 Å². The van der Waals surface area contributed by atoms with Crippen LogP contribution in [0, 0.1) is 11.6 Å². The number of hydrogen-bond donors (Lipinski definition) is 1. The summed E-state index contributed by atoms with van der Waals surface area (Å²) in [4.78, 5) is 17.7. The molecular weight excluding hydrogens is 512 g/mol. The van der Waals surface area contributed by atoms with Gasteiger partial charge in [0.05, 0.1) is 22.5 Å². The molecule has 1 aliphatic heterocycles. The summed E-state index contributed by atoms with van der Waals surface area (Å²) in [6.07, 6.45) is 6.57. The Morgan fingerprint density at radius 2 is 1.74 bits per heavy atom. The van der Waals surface area contributed by atoms with E-state index in [1.165, 1.54) is 10.9 Å². The lowest BCUT2D eigenvalue weighted by Crippen LogP contribution is -2.46. The van der Waals surface area contributed by atoms with Crippen molar-refractivity contribution in [3.8, 4) is 16.8 Å². The summed E-state index contributed by atoms with van der Waals surface area (Å²) in [5.74, 6) is -1.26. The molecule has 12 heteroatoms. The van der Waals surface area contributed by atoms with Crippen LogP contribution >= 0.6 is 0 Å². The maximum Gasteiger partial charge on any atom is 0.232 e. The zero-order valence-corrected chi connectivity index (χ0v) is 22.0. The van der Waals surface area contributed by atoms with Crippen molar-refractivity contribution >= 4 is 32.6 Å². The molecule has 4 aromatic rings. The number of rotatable bonds is 8. The fourth-order valence-corrected chi connectivity index (χ4v) is 5.86. The van der Waals surface area contributed by atoms with E-state index in [1.54, 1.807) is 31.6 Å². The van der Waals surface area contributed by atoms with Crippen LogP contribution in [0.1, 0.15) is 20.3 Å². The van der Waals surface area contributed by atoms with Crippen LogP contribution in [0.25, 0.3) is 27.8 Å². The molecule has 4 heterocycles. The average Bonchev–Trinajstić information content (AvgIpc) is 3.29. The van der Waals surface area contributed by atoms with E-state index in [2.05, 4.69) is 31.4 Å². The lowest BCUT2D eigenvalue weighted by atomic mass is 10.1. The maximum absolute atomic E-state index is 15.7. The number of benzene rings is 1. The molecule has 1 fully saturated rings. The molecule has 38 heavy (non-hydrogen) atoms. The molecule has 200 valence electrons. The van der Waals surface area contributed by atoms with Gasteiger partial charge in [-0.1, -0.05) is 13.8 Å². The maximum atomic E-state index is 15.7. The zero-order chi connectivity index (χ0) is 26.9. The Morgan fingerprint density at radius 1 is 1.00 bits per heavy atom. The van der Waals surface area contributed by atoms with Gasteiger partial charge in [0.1, 0.15) is 23.6 Å². The number of aromatic nitrogens is 4. The number of likely N-dealkylation sites (N-methyl/N-ethyl adjacent to an activating group) is 1. The van der Waals surface area contributed by atoms with Gasteiger partial charge in [-0.15, -0.1) is 0 Å². The molecule has 3 aromatic heterocycles. The molecule has 0 saturated carbocycles. The third kappa shape index (κ3) is 5.05. The highest BCUT2D eigenvalue weighted by atomic mass is 32.2. The van der Waals surface area contributed by atoms with E-state index in [0.717, 1.165) is 50.7 Å². The Kier molecular flexibility index (Phi) is 7.26. The number of pyridine rings is 1. The lowest BCUT2D eigenvalue weighted by molar-refractivity contribution is 0.270. The van der Waals surface area contributed by atoms with Gasteiger partial charge in [-0.25, -0.2) is 32.2 Å². The predicted molar refractivity (Wildman–Crippen MR) is 144 cm³/mol. The SMILES string of the molecule is CCCS(=O)(=O)Nc1ccc(F)c(-n2cc(-c3cncnc3)c3nc(N4CCN(CC)CC4)ccc32)c1F. The van der Waals surface area contributed by atoms with Gasteiger partial charge in [-0.05, 0) is 37.2 Å². The minimum atomic E-state index is -3.78. The molecule has 1 aromatic carbocycles. The molecule has 0 unspecified atom stereocenters. The second-order valence-electron chi connectivity index (χ2n) is 9.18. The van der Waals surface area contributed by atoms with Crippen molar-refractivity contribution in [3.63, 3.8) is 0 Å². The Balaban J connectivity index is 1.65. The summed E-state index contributed by atoms with van der Waals surface area (Å²) in [6.45, 7) is 8.32. The highest BCUT2D eigenvalue weighted by molar-refractivity contribution is 7.92. The fraction of sp³-hybridized carbons (Fsp3) is 0.346. The number of fused-ring (bicyclic) bond motifs is 1. The Bertz CT molecular complexity index is 1550. The van der Waals surface area contributed by atoms with Crippen LogP contribution in [0.2, 0.25) is 0 Å². The first-order valence-electron chi connectivity index (χ1n) is 12.5. The van der Waals surface area contributed by atoms with E-state index in [-0.39, 0.29) is 11.4 Å². The van der Waals surface area contributed by atoms with Gasteiger partial charge in [-0.3, -0.25) is 4.72 Å². The van der Waals surface area contributed by atoms with Crippen molar-refractivity contribution in [1.82, 2.24) is 24.4 Å². The molecule has 0 radical (unpaired) electrons. The highest BCUT2D eigenvalue weighted by Gasteiger charge is 2.24. The summed E-state index contributed by atoms with van der Waals surface area (Å²) in [5.41, 5.74) is 1.51. The van der Waals surface area contributed by atoms with Crippen LogP contribution in [-0.2, 0) is 10.0 Å². The first-order chi connectivity index (χ1) is 18.3. The summed E-state index contributed by atoms with van der Waals surface area (Å²) < 4.78 is 59.1. The van der Waals surface area contributed by atoms with Crippen LogP contribution in [0.4, 0.5) is 20.3 Å². The molecule has 0 atom stereocenters. The average molecular weight is 542 g/mol. The molecule has 5 rings (SSSR count). The second-order valence-corrected chi connectivity index (χ2v) is 11.0. The number of nitrogens with zero attached hydrogens (tertiary/aromatic N) is 6. The Morgan fingerprint density at radius 3 is 2.42 bits per heavy atom. The van der Waals surface area contributed by atoms with Crippen molar-refractivity contribution in [2.24, 2.45) is 0 Å². The normalized spacial score (nSPS) is 14.8. The Hall–Kier alpha value is -3.64. The van der Waals surface area contributed by atoms with E-state index in [9.17, 15) is 8.42 Å². The van der Waals surface area contributed by atoms with Crippen LogP contribution in [0.5, 0.6) is 0 Å². The number of hydrogen-bond acceptors (Lipinski definition) is 7. The summed E-state index contributed by atoms with van der Waals surface area (Å²) in [7, 11) is -3.78. The summed E-state index contributed by atoms with van der Waals surface area (Å²) >= 11 is 0. The smallest absolute Gasteiger partial charge is 0.232 e. The van der Waals surface area contributed by atoms with E-state index in [0.29, 0.717) is 28.6 Å². The van der Waals surface area contributed by atoms with Gasteiger partial charge in [-0.2, -0.15) is 0 Å². The first-order valence-corrected chi connectivity index (χ1v) is 14.2. The van der Waals surface area contributed by atoms with Crippen molar-refractivity contribution in [2.45, 2.75) is 20.3 Å². The topological polar surface area (TPSA) is 96.2 Å². The zero-order valence-electron chi connectivity index (χ0n) is 21.2. The van der Waals surface area contributed by atoms with Crippen LogP contribution in [-0.4, -0.2) is 71.3 Å². The van der Waals surface area contributed by atoms with Crippen LogP contribution < -0.4 is 9.62 Å². The summed E-state index contributed by atoms with van der Waals surface area (Å²) in [6, 6.07) is 5.76. The van der Waals surface area contributed by atoms with Gasteiger partial charge in [0, 0.05) is 55.9 Å². The molecule has 1 aliphatic rings. The molecule has 0 spiro atoms. The second kappa shape index (κ2) is 10.6. The highest BCUT2D eigenvalue weighted by Crippen LogP contribution is 2.35. The number of piperazine rings is 1. The third-order valence-electron chi connectivity index (χ3n) is 6.69. The molecule has 0 bridgehead atoms. The van der Waals surface area contributed by atoms with E-state index >= 15 is 8.78 Å². The fourth-order valence-electron chi connectivity index (χ4n) is 4.73. The molecule has 1 saturated heterocycles. The van der Waals surface area contributed by atoms with E-state index < -0.39 is 27.3 Å². The third-order valence-corrected chi connectivity index (χ3v) is 8.17. The Labute approximate surface area is 220 Å². The number of halogens is 2. The van der Waals surface area contributed by atoms with Gasteiger partial charge >= 0.3 is 0 Å². The number of anilines is 2. The molecule has 0 aliphatic carbocycles. The van der Waals surface area contributed by atoms with Gasteiger partial charge in [0.25, 0.3) is 0 Å². The monoisotopic (exact) mass is 541 g/mol. The summed E-state index contributed by atoms with van der Waals surface area (Å²) in [5, 5.41) is 0.